The number of carbonyl (C=O) groups is 2. The van der Waals surface area contributed by atoms with Gasteiger partial charge in [-0.05, 0) is 35.7 Å². The summed E-state index contributed by atoms with van der Waals surface area (Å²) < 4.78 is 5.52. The lowest BCUT2D eigenvalue weighted by molar-refractivity contribution is -0.0464. The topological polar surface area (TPSA) is 96.1 Å². The van der Waals surface area contributed by atoms with Crippen LogP contribution >= 0.6 is 0 Å². The lowest BCUT2D eigenvalue weighted by Gasteiger charge is -2.28. The molecule has 3 amide bonds. The Morgan fingerprint density at radius 3 is 2.79 bits per heavy atom. The fourth-order valence-corrected chi connectivity index (χ4v) is 3.02. The van der Waals surface area contributed by atoms with Crippen LogP contribution in [0.25, 0.3) is 6.08 Å². The number of rotatable bonds is 7. The Labute approximate surface area is 163 Å². The van der Waals surface area contributed by atoms with Gasteiger partial charge in [-0.3, -0.25) is 10.0 Å². The van der Waals surface area contributed by atoms with Gasteiger partial charge < -0.3 is 15.4 Å². The SMILES string of the molecule is NC(=O)N(O)CCOc1ccc2c(c1)CCN(CC=Cc1ccccc1)C2=O. The predicted octanol–water partition coefficient (Wildman–Crippen LogP) is 2.55. The van der Waals surface area contributed by atoms with E-state index in [0.717, 1.165) is 17.5 Å². The zero-order valence-corrected chi connectivity index (χ0v) is 15.5. The van der Waals surface area contributed by atoms with Gasteiger partial charge in [0.15, 0.2) is 0 Å². The summed E-state index contributed by atoms with van der Waals surface area (Å²) in [6, 6.07) is 14.3. The van der Waals surface area contributed by atoms with Crippen molar-refractivity contribution in [2.75, 3.05) is 26.2 Å². The summed E-state index contributed by atoms with van der Waals surface area (Å²) in [5, 5.41) is 9.62. The van der Waals surface area contributed by atoms with Crippen molar-refractivity contribution in [1.29, 1.82) is 0 Å². The largest absolute Gasteiger partial charge is 0.492 e. The Balaban J connectivity index is 1.57. The molecule has 0 spiro atoms. The molecule has 3 rings (SSSR count). The van der Waals surface area contributed by atoms with Gasteiger partial charge in [-0.1, -0.05) is 42.5 Å². The zero-order valence-electron chi connectivity index (χ0n) is 15.5. The van der Waals surface area contributed by atoms with Crippen LogP contribution in [-0.4, -0.2) is 53.3 Å². The molecule has 2 aromatic rings. The first-order valence-corrected chi connectivity index (χ1v) is 9.07. The summed E-state index contributed by atoms with van der Waals surface area (Å²) in [6.45, 7) is 1.26. The lowest BCUT2D eigenvalue weighted by Crippen LogP contribution is -2.37. The highest BCUT2D eigenvalue weighted by atomic mass is 16.5. The molecule has 28 heavy (non-hydrogen) atoms. The summed E-state index contributed by atoms with van der Waals surface area (Å²) in [6.07, 6.45) is 4.75. The van der Waals surface area contributed by atoms with Crippen LogP contribution < -0.4 is 10.5 Å². The average molecular weight is 381 g/mol. The second kappa shape index (κ2) is 9.05. The Kier molecular flexibility index (Phi) is 6.29. The minimum Gasteiger partial charge on any atom is -0.492 e. The standard InChI is InChI=1S/C21H23N3O4/c22-21(26)24(27)13-14-28-18-8-9-19-17(15-18)10-12-23(20(19)25)11-4-7-16-5-2-1-3-6-16/h1-9,15,27H,10-14H2,(H2,22,26). The molecule has 7 heteroatoms. The molecule has 0 radical (unpaired) electrons. The van der Waals surface area contributed by atoms with Crippen molar-refractivity contribution >= 4 is 18.0 Å². The van der Waals surface area contributed by atoms with Crippen LogP contribution in [0.2, 0.25) is 0 Å². The fourth-order valence-electron chi connectivity index (χ4n) is 3.02. The molecule has 3 N–H and O–H groups in total. The lowest BCUT2D eigenvalue weighted by atomic mass is 9.98. The van der Waals surface area contributed by atoms with Gasteiger partial charge in [0, 0.05) is 18.7 Å². The van der Waals surface area contributed by atoms with Gasteiger partial charge in [-0.15, -0.1) is 0 Å². The number of carbonyl (C=O) groups excluding carboxylic acids is 2. The maximum Gasteiger partial charge on any atom is 0.338 e. The number of nitrogens with zero attached hydrogens (tertiary/aromatic N) is 2. The minimum absolute atomic E-state index is 0.000716. The Morgan fingerprint density at radius 2 is 2.04 bits per heavy atom. The highest BCUT2D eigenvalue weighted by molar-refractivity contribution is 5.97. The van der Waals surface area contributed by atoms with Gasteiger partial charge in [0.05, 0.1) is 6.54 Å². The molecule has 1 heterocycles. The molecular weight excluding hydrogens is 358 g/mol. The second-order valence-corrected chi connectivity index (χ2v) is 6.44. The summed E-state index contributed by atoms with van der Waals surface area (Å²) in [4.78, 5) is 25.3. The molecule has 0 fully saturated rings. The summed E-state index contributed by atoms with van der Waals surface area (Å²) in [5.41, 5.74) is 7.65. The van der Waals surface area contributed by atoms with Crippen LogP contribution in [0, 0.1) is 0 Å². The molecule has 0 saturated heterocycles. The normalized spacial score (nSPS) is 13.5. The van der Waals surface area contributed by atoms with Crippen molar-refractivity contribution in [3.63, 3.8) is 0 Å². The molecule has 7 nitrogen and oxygen atoms in total. The number of primary amides is 1. The second-order valence-electron chi connectivity index (χ2n) is 6.44. The van der Waals surface area contributed by atoms with E-state index in [1.807, 2.05) is 53.5 Å². The third-order valence-electron chi connectivity index (χ3n) is 4.51. The van der Waals surface area contributed by atoms with E-state index in [2.05, 4.69) is 0 Å². The first kappa shape index (κ1) is 19.4. The molecule has 1 aliphatic rings. The number of fused-ring (bicyclic) bond motifs is 1. The van der Waals surface area contributed by atoms with Crippen LogP contribution in [0.5, 0.6) is 5.75 Å². The van der Waals surface area contributed by atoms with E-state index in [-0.39, 0.29) is 19.1 Å². The highest BCUT2D eigenvalue weighted by Gasteiger charge is 2.23. The molecule has 0 aromatic heterocycles. The molecule has 0 aliphatic carbocycles. The number of urea groups is 1. The molecule has 2 aromatic carbocycles. The molecule has 0 unspecified atom stereocenters. The van der Waals surface area contributed by atoms with Gasteiger partial charge >= 0.3 is 6.03 Å². The summed E-state index contributed by atoms with van der Waals surface area (Å²) in [7, 11) is 0. The van der Waals surface area contributed by atoms with E-state index in [1.165, 1.54) is 0 Å². The van der Waals surface area contributed by atoms with Crippen LogP contribution in [0.3, 0.4) is 0 Å². The van der Waals surface area contributed by atoms with Crippen molar-refractivity contribution in [3.05, 3.63) is 71.3 Å². The monoisotopic (exact) mass is 381 g/mol. The van der Waals surface area contributed by atoms with Crippen molar-refractivity contribution < 1.29 is 19.5 Å². The van der Waals surface area contributed by atoms with Crippen molar-refractivity contribution in [3.8, 4) is 5.75 Å². The first-order chi connectivity index (χ1) is 13.5. The number of hydrogen-bond donors (Lipinski definition) is 2. The number of hydroxylamine groups is 2. The molecule has 0 saturated carbocycles. The van der Waals surface area contributed by atoms with E-state index in [4.69, 9.17) is 10.5 Å². The Bertz CT molecular complexity index is 867. The van der Waals surface area contributed by atoms with Crippen molar-refractivity contribution in [2.24, 2.45) is 5.73 Å². The number of hydrogen-bond acceptors (Lipinski definition) is 4. The van der Waals surface area contributed by atoms with Crippen LogP contribution in [0.1, 0.15) is 21.5 Å². The number of amides is 3. The van der Waals surface area contributed by atoms with Crippen LogP contribution in [0.4, 0.5) is 4.79 Å². The van der Waals surface area contributed by atoms with Crippen molar-refractivity contribution in [2.45, 2.75) is 6.42 Å². The van der Waals surface area contributed by atoms with Gasteiger partial charge in [0.1, 0.15) is 12.4 Å². The minimum atomic E-state index is -0.930. The van der Waals surface area contributed by atoms with Gasteiger partial charge in [0.25, 0.3) is 5.91 Å². The van der Waals surface area contributed by atoms with Crippen LogP contribution in [-0.2, 0) is 6.42 Å². The molecular formula is C21H23N3O4. The van der Waals surface area contributed by atoms with Gasteiger partial charge in [-0.2, -0.15) is 0 Å². The van der Waals surface area contributed by atoms with E-state index in [1.54, 1.807) is 12.1 Å². The summed E-state index contributed by atoms with van der Waals surface area (Å²) >= 11 is 0. The first-order valence-electron chi connectivity index (χ1n) is 9.07. The molecule has 0 bridgehead atoms. The Morgan fingerprint density at radius 1 is 1.25 bits per heavy atom. The molecule has 1 aliphatic heterocycles. The molecule has 146 valence electrons. The third-order valence-corrected chi connectivity index (χ3v) is 4.51. The average Bonchev–Trinajstić information content (AvgIpc) is 2.70. The van der Waals surface area contributed by atoms with E-state index in [9.17, 15) is 14.8 Å². The maximum atomic E-state index is 12.7. The highest BCUT2D eigenvalue weighted by Crippen LogP contribution is 2.24. The maximum absolute atomic E-state index is 12.7. The smallest absolute Gasteiger partial charge is 0.338 e. The number of nitrogens with two attached hydrogens (primary N) is 1. The van der Waals surface area contributed by atoms with Gasteiger partial charge in [-0.25, -0.2) is 9.86 Å². The Hall–Kier alpha value is -3.32. The number of benzene rings is 2. The quantitative estimate of drug-likeness (QED) is 0.569. The third kappa shape index (κ3) is 4.89. The van der Waals surface area contributed by atoms with Crippen LogP contribution in [0.15, 0.2) is 54.6 Å². The molecule has 0 atom stereocenters. The van der Waals surface area contributed by atoms with E-state index >= 15 is 0 Å². The summed E-state index contributed by atoms with van der Waals surface area (Å²) in [5.74, 6) is 0.586. The number of ether oxygens (including phenoxy) is 1. The van der Waals surface area contributed by atoms with Crippen molar-refractivity contribution in [1.82, 2.24) is 9.96 Å². The zero-order chi connectivity index (χ0) is 19.9. The predicted molar refractivity (Wildman–Crippen MR) is 105 cm³/mol. The van der Waals surface area contributed by atoms with E-state index < -0.39 is 6.03 Å². The fraction of sp³-hybridized carbons (Fsp3) is 0.238. The van der Waals surface area contributed by atoms with Gasteiger partial charge in [0.2, 0.25) is 0 Å². The van der Waals surface area contributed by atoms with E-state index in [0.29, 0.717) is 29.5 Å².